The van der Waals surface area contributed by atoms with Crippen LogP contribution < -0.4 is 4.90 Å². The van der Waals surface area contributed by atoms with Gasteiger partial charge in [-0.15, -0.1) is 0 Å². The SMILES string of the molecule is CCN(C(=O)C1CC(C(=O)O)=NO1)c1ccc(F)cc1. The predicted octanol–water partition coefficient (Wildman–Crippen LogP) is 1.41. The van der Waals surface area contributed by atoms with Crippen LogP contribution in [-0.4, -0.2) is 35.3 Å². The first kappa shape index (κ1) is 14.0. The third-order valence-corrected chi connectivity index (χ3v) is 2.91. The number of carboxylic acid groups (broad SMARTS) is 1. The summed E-state index contributed by atoms with van der Waals surface area (Å²) < 4.78 is 12.9. The molecule has 106 valence electrons. The van der Waals surface area contributed by atoms with Crippen molar-refractivity contribution in [3.8, 4) is 0 Å². The number of rotatable bonds is 4. The molecule has 1 N–H and O–H groups in total. The molecule has 1 heterocycles. The van der Waals surface area contributed by atoms with Gasteiger partial charge >= 0.3 is 5.97 Å². The number of oxime groups is 1. The average molecular weight is 280 g/mol. The number of hydrogen-bond donors (Lipinski definition) is 1. The number of carbonyl (C=O) groups excluding carboxylic acids is 1. The van der Waals surface area contributed by atoms with Crippen molar-refractivity contribution in [1.29, 1.82) is 0 Å². The second-order valence-electron chi connectivity index (χ2n) is 4.20. The van der Waals surface area contributed by atoms with Gasteiger partial charge < -0.3 is 14.8 Å². The molecule has 0 spiro atoms. The van der Waals surface area contributed by atoms with Crippen LogP contribution in [0.25, 0.3) is 0 Å². The minimum atomic E-state index is -1.20. The molecule has 2 rings (SSSR count). The van der Waals surface area contributed by atoms with Crippen LogP contribution in [0.3, 0.4) is 0 Å². The summed E-state index contributed by atoms with van der Waals surface area (Å²) in [6, 6.07) is 5.45. The van der Waals surface area contributed by atoms with Crippen molar-refractivity contribution in [2.45, 2.75) is 19.4 Å². The van der Waals surface area contributed by atoms with E-state index in [2.05, 4.69) is 5.16 Å². The Morgan fingerprint density at radius 1 is 1.45 bits per heavy atom. The Morgan fingerprint density at radius 2 is 2.10 bits per heavy atom. The number of anilines is 1. The van der Waals surface area contributed by atoms with E-state index < -0.39 is 23.8 Å². The third-order valence-electron chi connectivity index (χ3n) is 2.91. The van der Waals surface area contributed by atoms with Crippen molar-refractivity contribution >= 4 is 23.3 Å². The van der Waals surface area contributed by atoms with Crippen molar-refractivity contribution in [1.82, 2.24) is 0 Å². The minimum Gasteiger partial charge on any atom is -0.477 e. The first-order chi connectivity index (χ1) is 9.52. The summed E-state index contributed by atoms with van der Waals surface area (Å²) in [5.41, 5.74) is 0.338. The summed E-state index contributed by atoms with van der Waals surface area (Å²) in [6.07, 6.45) is -1.03. The Kier molecular flexibility index (Phi) is 3.97. The van der Waals surface area contributed by atoms with Gasteiger partial charge in [0.15, 0.2) is 5.71 Å². The largest absolute Gasteiger partial charge is 0.477 e. The van der Waals surface area contributed by atoms with Gasteiger partial charge in [-0.1, -0.05) is 5.16 Å². The lowest BCUT2D eigenvalue weighted by Gasteiger charge is -2.23. The fraction of sp³-hybridized carbons (Fsp3) is 0.308. The maximum atomic E-state index is 12.9. The standard InChI is InChI=1S/C13H13FN2O4/c1-2-16(9-5-3-8(14)4-6-9)12(17)11-7-10(13(18)19)15-20-11/h3-6,11H,2,7H2,1H3,(H,18,19). The molecule has 0 bridgehead atoms. The maximum absolute atomic E-state index is 12.9. The van der Waals surface area contributed by atoms with E-state index in [1.54, 1.807) is 6.92 Å². The molecule has 0 aromatic heterocycles. The number of benzene rings is 1. The van der Waals surface area contributed by atoms with Crippen LogP contribution >= 0.6 is 0 Å². The average Bonchev–Trinajstić information content (AvgIpc) is 2.91. The van der Waals surface area contributed by atoms with Gasteiger partial charge in [0.2, 0.25) is 6.10 Å². The molecule has 1 aliphatic rings. The zero-order valence-corrected chi connectivity index (χ0v) is 10.7. The van der Waals surface area contributed by atoms with E-state index in [0.29, 0.717) is 12.2 Å². The molecule has 1 atom stereocenters. The minimum absolute atomic E-state index is 0.0775. The Bertz CT molecular complexity index is 556. The van der Waals surface area contributed by atoms with Gasteiger partial charge in [-0.2, -0.15) is 0 Å². The molecule has 1 amide bonds. The van der Waals surface area contributed by atoms with E-state index in [9.17, 15) is 14.0 Å². The maximum Gasteiger partial charge on any atom is 0.353 e. The molecule has 7 heteroatoms. The van der Waals surface area contributed by atoms with E-state index in [4.69, 9.17) is 9.94 Å². The smallest absolute Gasteiger partial charge is 0.353 e. The zero-order chi connectivity index (χ0) is 14.7. The molecule has 0 saturated heterocycles. The fourth-order valence-corrected chi connectivity index (χ4v) is 1.90. The molecule has 1 unspecified atom stereocenters. The van der Waals surface area contributed by atoms with E-state index in [1.807, 2.05) is 0 Å². The fourth-order valence-electron chi connectivity index (χ4n) is 1.90. The third kappa shape index (κ3) is 2.76. The van der Waals surface area contributed by atoms with Gasteiger partial charge in [0.1, 0.15) is 5.82 Å². The van der Waals surface area contributed by atoms with Crippen LogP contribution in [-0.2, 0) is 14.4 Å². The first-order valence-corrected chi connectivity index (χ1v) is 6.06. The van der Waals surface area contributed by atoms with Gasteiger partial charge in [-0.05, 0) is 31.2 Å². The molecular formula is C13H13FN2O4. The number of hydrogen-bond acceptors (Lipinski definition) is 4. The monoisotopic (exact) mass is 280 g/mol. The van der Waals surface area contributed by atoms with E-state index >= 15 is 0 Å². The molecule has 1 aliphatic heterocycles. The number of likely N-dealkylation sites (N-methyl/N-ethyl adjacent to an activating group) is 1. The highest BCUT2D eigenvalue weighted by atomic mass is 19.1. The molecule has 0 fully saturated rings. The molecule has 0 radical (unpaired) electrons. The summed E-state index contributed by atoms with van der Waals surface area (Å²) in [4.78, 5) is 29.3. The topological polar surface area (TPSA) is 79.2 Å². The number of amides is 1. The molecule has 6 nitrogen and oxygen atoms in total. The van der Waals surface area contributed by atoms with E-state index in [1.165, 1.54) is 29.2 Å². The van der Waals surface area contributed by atoms with Crippen LogP contribution in [0.2, 0.25) is 0 Å². The Hall–Kier alpha value is -2.44. The highest BCUT2D eigenvalue weighted by molar-refractivity contribution is 6.36. The number of nitrogens with zero attached hydrogens (tertiary/aromatic N) is 2. The van der Waals surface area contributed by atoms with Crippen molar-refractivity contribution < 1.29 is 23.9 Å². The van der Waals surface area contributed by atoms with E-state index in [-0.39, 0.29) is 12.1 Å². The molecule has 0 aliphatic carbocycles. The van der Waals surface area contributed by atoms with Gasteiger partial charge in [0.25, 0.3) is 5.91 Å². The van der Waals surface area contributed by atoms with Crippen LogP contribution in [0.4, 0.5) is 10.1 Å². The number of halogens is 1. The van der Waals surface area contributed by atoms with E-state index in [0.717, 1.165) is 0 Å². The van der Waals surface area contributed by atoms with Gasteiger partial charge in [-0.3, -0.25) is 4.79 Å². The second-order valence-corrected chi connectivity index (χ2v) is 4.20. The first-order valence-electron chi connectivity index (χ1n) is 6.06. The van der Waals surface area contributed by atoms with Crippen molar-refractivity contribution in [3.63, 3.8) is 0 Å². The summed E-state index contributed by atoms with van der Waals surface area (Å²) >= 11 is 0. The summed E-state index contributed by atoms with van der Waals surface area (Å²) in [5, 5.41) is 12.2. The quantitative estimate of drug-likeness (QED) is 0.904. The molecule has 20 heavy (non-hydrogen) atoms. The summed E-state index contributed by atoms with van der Waals surface area (Å²) in [6.45, 7) is 2.11. The van der Waals surface area contributed by atoms with Gasteiger partial charge in [-0.25, -0.2) is 9.18 Å². The van der Waals surface area contributed by atoms with Crippen molar-refractivity contribution in [3.05, 3.63) is 30.1 Å². The predicted molar refractivity (Wildman–Crippen MR) is 69.0 cm³/mol. The second kappa shape index (κ2) is 5.68. The van der Waals surface area contributed by atoms with Crippen molar-refractivity contribution in [2.24, 2.45) is 5.16 Å². The Balaban J connectivity index is 2.11. The molecular weight excluding hydrogens is 267 g/mol. The Morgan fingerprint density at radius 3 is 2.60 bits per heavy atom. The molecule has 0 saturated carbocycles. The summed E-state index contributed by atoms with van der Waals surface area (Å²) in [5.74, 6) is -2.00. The molecule has 1 aromatic carbocycles. The van der Waals surface area contributed by atoms with Gasteiger partial charge in [0.05, 0.1) is 0 Å². The van der Waals surface area contributed by atoms with Gasteiger partial charge in [0, 0.05) is 18.7 Å². The lowest BCUT2D eigenvalue weighted by Crippen LogP contribution is -2.39. The van der Waals surface area contributed by atoms with Crippen LogP contribution in [0.1, 0.15) is 13.3 Å². The zero-order valence-electron chi connectivity index (χ0n) is 10.7. The lowest BCUT2D eigenvalue weighted by atomic mass is 10.1. The molecule has 1 aromatic rings. The highest BCUT2D eigenvalue weighted by Crippen LogP contribution is 2.20. The highest BCUT2D eigenvalue weighted by Gasteiger charge is 2.34. The van der Waals surface area contributed by atoms with Crippen LogP contribution in [0, 0.1) is 5.82 Å². The number of aliphatic carboxylic acids is 1. The summed E-state index contributed by atoms with van der Waals surface area (Å²) in [7, 11) is 0. The lowest BCUT2D eigenvalue weighted by molar-refractivity contribution is -0.129. The van der Waals surface area contributed by atoms with Crippen molar-refractivity contribution in [2.75, 3.05) is 11.4 Å². The number of carboxylic acids is 1. The normalized spacial score (nSPS) is 17.3. The van der Waals surface area contributed by atoms with Crippen LogP contribution in [0.15, 0.2) is 29.4 Å². The Labute approximate surface area is 114 Å². The van der Waals surface area contributed by atoms with Crippen LogP contribution in [0.5, 0.6) is 0 Å². The number of carbonyl (C=O) groups is 2.